The van der Waals surface area contributed by atoms with E-state index in [4.69, 9.17) is 14.3 Å². The van der Waals surface area contributed by atoms with Crippen LogP contribution in [0.1, 0.15) is 97.8 Å². The molecule has 0 aliphatic rings. The van der Waals surface area contributed by atoms with Gasteiger partial charge in [-0.3, -0.25) is 0 Å². The van der Waals surface area contributed by atoms with Gasteiger partial charge >= 0.3 is 11.9 Å². The Morgan fingerprint density at radius 3 is 2.08 bits per heavy atom. The van der Waals surface area contributed by atoms with E-state index in [2.05, 4.69) is 6.92 Å². The summed E-state index contributed by atoms with van der Waals surface area (Å²) in [5.41, 5.74) is -0.138. The van der Waals surface area contributed by atoms with E-state index in [1.165, 1.54) is 51.0 Å². The number of carboxylic acids is 1. The van der Waals surface area contributed by atoms with Crippen molar-refractivity contribution < 1.29 is 23.8 Å². The first-order valence-corrected chi connectivity index (χ1v) is 9.07. The first kappa shape index (κ1) is 20.3. The molecule has 0 saturated carbocycles. The molecule has 1 N–H and O–H groups in total. The van der Waals surface area contributed by atoms with Gasteiger partial charge in [-0.1, -0.05) is 64.7 Å². The molecule has 24 heavy (non-hydrogen) atoms. The van der Waals surface area contributed by atoms with Crippen LogP contribution in [-0.4, -0.2) is 23.7 Å². The zero-order chi connectivity index (χ0) is 17.8. The first-order valence-electron chi connectivity index (χ1n) is 9.07. The minimum absolute atomic E-state index is 0.138. The van der Waals surface area contributed by atoms with E-state index in [1.54, 1.807) is 6.92 Å². The molecule has 0 spiro atoms. The fourth-order valence-corrected chi connectivity index (χ4v) is 2.64. The van der Waals surface area contributed by atoms with E-state index in [0.717, 1.165) is 19.3 Å². The molecule has 0 atom stereocenters. The molecule has 136 valence electrons. The van der Waals surface area contributed by atoms with Crippen LogP contribution >= 0.6 is 0 Å². The van der Waals surface area contributed by atoms with E-state index < -0.39 is 11.9 Å². The van der Waals surface area contributed by atoms with Crippen molar-refractivity contribution in [2.45, 2.75) is 78.1 Å². The lowest BCUT2D eigenvalue weighted by Crippen LogP contribution is -2.10. The highest BCUT2D eigenvalue weighted by molar-refractivity contribution is 6.00. The van der Waals surface area contributed by atoms with Gasteiger partial charge in [-0.25, -0.2) is 9.59 Å². The first-order chi connectivity index (χ1) is 11.6. The summed E-state index contributed by atoms with van der Waals surface area (Å²) in [6.45, 7) is 4.13. The van der Waals surface area contributed by atoms with Gasteiger partial charge < -0.3 is 14.3 Å². The minimum atomic E-state index is -1.18. The van der Waals surface area contributed by atoms with Gasteiger partial charge in [0.25, 0.3) is 0 Å². The summed E-state index contributed by atoms with van der Waals surface area (Å²) >= 11 is 0. The molecule has 0 bridgehead atoms. The molecule has 0 aromatic carbocycles. The van der Waals surface area contributed by atoms with Crippen LogP contribution in [0.15, 0.2) is 10.5 Å². The van der Waals surface area contributed by atoms with E-state index in [0.29, 0.717) is 12.4 Å². The van der Waals surface area contributed by atoms with Crippen molar-refractivity contribution in [1.82, 2.24) is 0 Å². The van der Waals surface area contributed by atoms with E-state index in [1.807, 2.05) is 0 Å². The normalized spacial score (nSPS) is 10.8. The predicted octanol–water partition coefficient (Wildman–Crippen LogP) is 5.36. The second kappa shape index (κ2) is 11.7. The molecule has 0 saturated heterocycles. The van der Waals surface area contributed by atoms with Crippen LogP contribution in [0.25, 0.3) is 0 Å². The van der Waals surface area contributed by atoms with Gasteiger partial charge in [0.15, 0.2) is 0 Å². The highest BCUT2D eigenvalue weighted by Gasteiger charge is 2.23. The molecule has 1 heterocycles. The summed E-state index contributed by atoms with van der Waals surface area (Å²) in [4.78, 5) is 22.9. The van der Waals surface area contributed by atoms with Gasteiger partial charge in [-0.2, -0.15) is 0 Å². The Kier molecular flexibility index (Phi) is 9.89. The highest BCUT2D eigenvalue weighted by atomic mass is 16.5. The summed E-state index contributed by atoms with van der Waals surface area (Å²) in [6.07, 6.45) is 12.1. The summed E-state index contributed by atoms with van der Waals surface area (Å²) in [5.74, 6) is -1.71. The molecule has 5 heteroatoms. The summed E-state index contributed by atoms with van der Waals surface area (Å²) in [7, 11) is 0. The number of aryl methyl sites for hydroxylation is 1. The Morgan fingerprint density at radius 2 is 1.54 bits per heavy atom. The average molecular weight is 338 g/mol. The van der Waals surface area contributed by atoms with Crippen molar-refractivity contribution in [3.8, 4) is 0 Å². The van der Waals surface area contributed by atoms with Gasteiger partial charge in [0.05, 0.1) is 6.61 Å². The molecule has 0 fully saturated rings. The second-order valence-electron chi connectivity index (χ2n) is 6.22. The van der Waals surface area contributed by atoms with Gasteiger partial charge in [-0.15, -0.1) is 0 Å². The highest BCUT2D eigenvalue weighted by Crippen LogP contribution is 2.16. The predicted molar refractivity (Wildman–Crippen MR) is 92.5 cm³/mol. The average Bonchev–Trinajstić information content (AvgIpc) is 2.94. The van der Waals surface area contributed by atoms with Gasteiger partial charge in [0.2, 0.25) is 5.76 Å². The van der Waals surface area contributed by atoms with Crippen LogP contribution in [0.5, 0.6) is 0 Å². The zero-order valence-corrected chi connectivity index (χ0v) is 14.9. The fraction of sp³-hybridized carbons (Fsp3) is 0.684. The number of hydrogen-bond donors (Lipinski definition) is 1. The van der Waals surface area contributed by atoms with Crippen molar-refractivity contribution >= 4 is 11.9 Å². The molecule has 0 radical (unpaired) electrons. The largest absolute Gasteiger partial charge is 0.478 e. The third kappa shape index (κ3) is 7.66. The number of furan rings is 1. The Labute approximate surface area is 144 Å². The summed E-state index contributed by atoms with van der Waals surface area (Å²) in [6, 6.07) is 1.33. The van der Waals surface area contributed by atoms with Crippen LogP contribution in [0, 0.1) is 6.92 Å². The maximum Gasteiger partial charge on any atom is 0.375 e. The molecule has 0 aliphatic heterocycles. The summed E-state index contributed by atoms with van der Waals surface area (Å²) in [5, 5.41) is 9.02. The van der Waals surface area contributed by atoms with Crippen LogP contribution in [0.4, 0.5) is 0 Å². The standard InChI is InChI=1S/C19H30O5/c1-3-4-5-6-7-8-9-10-11-12-13-23-19(22)17-16(18(20)21)14-15(2)24-17/h14H,3-13H2,1-2H3,(H,20,21). The van der Waals surface area contributed by atoms with Crippen LogP contribution < -0.4 is 0 Å². The molecule has 0 amide bonds. The Bertz CT molecular complexity index is 504. The van der Waals surface area contributed by atoms with Gasteiger partial charge in [-0.05, 0) is 19.4 Å². The van der Waals surface area contributed by atoms with Crippen LogP contribution in [-0.2, 0) is 4.74 Å². The minimum Gasteiger partial charge on any atom is -0.478 e. The van der Waals surface area contributed by atoms with Crippen molar-refractivity contribution in [3.05, 3.63) is 23.2 Å². The Morgan fingerprint density at radius 1 is 1.00 bits per heavy atom. The lowest BCUT2D eigenvalue weighted by Gasteiger charge is -2.04. The number of carbonyl (C=O) groups excluding carboxylic acids is 1. The number of carbonyl (C=O) groups is 2. The molecule has 1 rings (SSSR count). The van der Waals surface area contributed by atoms with Crippen molar-refractivity contribution in [3.63, 3.8) is 0 Å². The van der Waals surface area contributed by atoms with Crippen LogP contribution in [0.3, 0.4) is 0 Å². The van der Waals surface area contributed by atoms with E-state index in [-0.39, 0.29) is 11.3 Å². The van der Waals surface area contributed by atoms with E-state index in [9.17, 15) is 9.59 Å². The summed E-state index contributed by atoms with van der Waals surface area (Å²) < 4.78 is 10.2. The number of ether oxygens (including phenoxy) is 1. The Balaban J connectivity index is 2.09. The molecular weight excluding hydrogens is 308 g/mol. The molecule has 1 aromatic heterocycles. The third-order valence-corrected chi connectivity index (χ3v) is 4.00. The molecule has 0 unspecified atom stereocenters. The smallest absolute Gasteiger partial charge is 0.375 e. The number of aromatic carboxylic acids is 1. The molecular formula is C19H30O5. The molecule has 0 aliphatic carbocycles. The third-order valence-electron chi connectivity index (χ3n) is 4.00. The topological polar surface area (TPSA) is 76.7 Å². The van der Waals surface area contributed by atoms with Crippen molar-refractivity contribution in [2.75, 3.05) is 6.61 Å². The lowest BCUT2D eigenvalue weighted by molar-refractivity contribution is 0.0449. The number of rotatable bonds is 13. The fourth-order valence-electron chi connectivity index (χ4n) is 2.64. The van der Waals surface area contributed by atoms with Crippen molar-refractivity contribution in [2.24, 2.45) is 0 Å². The monoisotopic (exact) mass is 338 g/mol. The Hall–Kier alpha value is -1.78. The number of carboxylic acid groups (broad SMARTS) is 1. The maximum atomic E-state index is 11.9. The lowest BCUT2D eigenvalue weighted by atomic mass is 10.1. The van der Waals surface area contributed by atoms with Crippen LogP contribution in [0.2, 0.25) is 0 Å². The SMILES string of the molecule is CCCCCCCCCCCCOC(=O)c1oc(C)cc1C(=O)O. The number of hydrogen-bond acceptors (Lipinski definition) is 4. The second-order valence-corrected chi connectivity index (χ2v) is 6.22. The van der Waals surface area contributed by atoms with Gasteiger partial charge in [0.1, 0.15) is 11.3 Å². The number of unbranched alkanes of at least 4 members (excludes halogenated alkanes) is 9. The number of esters is 1. The maximum absolute atomic E-state index is 11.9. The molecule has 5 nitrogen and oxygen atoms in total. The van der Waals surface area contributed by atoms with Gasteiger partial charge in [0, 0.05) is 0 Å². The quantitative estimate of drug-likeness (QED) is 0.387. The van der Waals surface area contributed by atoms with Crippen molar-refractivity contribution in [1.29, 1.82) is 0 Å². The van der Waals surface area contributed by atoms with E-state index >= 15 is 0 Å². The molecule has 1 aromatic rings. The zero-order valence-electron chi connectivity index (χ0n) is 14.9.